The molecule has 30 heavy (non-hydrogen) atoms. The van der Waals surface area contributed by atoms with Crippen LogP contribution in [0.5, 0.6) is 0 Å². The first-order chi connectivity index (χ1) is 14.5. The Morgan fingerprint density at radius 2 is 1.07 bits per heavy atom. The molecule has 8 heteroatoms. The highest BCUT2D eigenvalue weighted by Gasteiger charge is 2.13. The van der Waals surface area contributed by atoms with Crippen molar-refractivity contribution in [1.29, 1.82) is 0 Å². The first-order valence-corrected chi connectivity index (χ1v) is 10.4. The van der Waals surface area contributed by atoms with Crippen molar-refractivity contribution in [3.8, 4) is 0 Å². The van der Waals surface area contributed by atoms with Crippen molar-refractivity contribution in [1.82, 2.24) is 19.6 Å². The van der Waals surface area contributed by atoms with Crippen LogP contribution in [0.1, 0.15) is 50.2 Å². The molecular weight excluding hydrogens is 380 g/mol. The molecule has 0 aliphatic carbocycles. The van der Waals surface area contributed by atoms with Gasteiger partial charge in [0, 0.05) is 23.8 Å². The number of nitrogens with zero attached hydrogens (tertiary/aromatic N) is 4. The van der Waals surface area contributed by atoms with E-state index in [1.807, 2.05) is 27.7 Å². The SMILES string of the molecule is CCc1cn(C(=O)Nc2ccc(NC(=O)n3cc(CC)c(CC)n3)cc2)nc1CC. The standard InChI is InChI=1S/C22H28N6O2/c1-5-15-13-27(25-19(15)7-3)21(29)23-17-9-11-18(12-10-17)24-22(30)28-14-16(6-2)20(8-4)26-28/h9-14H,5-8H2,1-4H3,(H,23,29)(H,24,30). The van der Waals surface area contributed by atoms with Crippen molar-refractivity contribution in [2.45, 2.75) is 53.4 Å². The predicted octanol–water partition coefficient (Wildman–Crippen LogP) is 4.49. The van der Waals surface area contributed by atoms with E-state index in [2.05, 4.69) is 20.8 Å². The van der Waals surface area contributed by atoms with Crippen LogP contribution in [0, 0.1) is 0 Å². The Labute approximate surface area is 176 Å². The highest BCUT2D eigenvalue weighted by molar-refractivity contribution is 5.92. The molecule has 0 spiro atoms. The molecular formula is C22H28N6O2. The molecule has 0 saturated heterocycles. The van der Waals surface area contributed by atoms with E-state index >= 15 is 0 Å². The van der Waals surface area contributed by atoms with Crippen molar-refractivity contribution < 1.29 is 9.59 Å². The zero-order valence-electron chi connectivity index (χ0n) is 17.9. The van der Waals surface area contributed by atoms with Crippen molar-refractivity contribution >= 4 is 23.4 Å². The third-order valence-corrected chi connectivity index (χ3v) is 4.99. The largest absolute Gasteiger partial charge is 0.346 e. The molecule has 1 aromatic carbocycles. The van der Waals surface area contributed by atoms with E-state index in [9.17, 15) is 9.59 Å². The lowest BCUT2D eigenvalue weighted by Gasteiger charge is -2.08. The molecule has 2 aromatic heterocycles. The third kappa shape index (κ3) is 4.59. The molecule has 0 radical (unpaired) electrons. The van der Waals surface area contributed by atoms with E-state index in [-0.39, 0.29) is 12.1 Å². The van der Waals surface area contributed by atoms with Crippen LogP contribution >= 0.6 is 0 Å². The number of carbonyl (C=O) groups is 2. The molecule has 3 aromatic rings. The van der Waals surface area contributed by atoms with Crippen LogP contribution in [0.2, 0.25) is 0 Å². The van der Waals surface area contributed by atoms with Gasteiger partial charge in [0.25, 0.3) is 0 Å². The molecule has 0 fully saturated rings. The van der Waals surface area contributed by atoms with E-state index in [4.69, 9.17) is 0 Å². The molecule has 0 unspecified atom stereocenters. The predicted molar refractivity (Wildman–Crippen MR) is 117 cm³/mol. The van der Waals surface area contributed by atoms with E-state index < -0.39 is 0 Å². The minimum absolute atomic E-state index is 0.322. The number of carbonyl (C=O) groups excluding carboxylic acids is 2. The van der Waals surface area contributed by atoms with E-state index in [0.29, 0.717) is 11.4 Å². The van der Waals surface area contributed by atoms with Gasteiger partial charge in [0.05, 0.1) is 11.4 Å². The van der Waals surface area contributed by atoms with Crippen LogP contribution in [0.3, 0.4) is 0 Å². The second-order valence-corrected chi connectivity index (χ2v) is 6.94. The van der Waals surface area contributed by atoms with E-state index in [1.54, 1.807) is 36.7 Å². The van der Waals surface area contributed by atoms with Crippen LogP contribution in [0.25, 0.3) is 0 Å². The summed E-state index contributed by atoms with van der Waals surface area (Å²) in [6.07, 6.45) is 6.77. The summed E-state index contributed by atoms with van der Waals surface area (Å²) in [6, 6.07) is 6.29. The summed E-state index contributed by atoms with van der Waals surface area (Å²) in [6.45, 7) is 8.12. The Bertz CT molecular complexity index is 906. The van der Waals surface area contributed by atoms with E-state index in [1.165, 1.54) is 9.36 Å². The van der Waals surface area contributed by atoms with Crippen molar-refractivity contribution in [2.24, 2.45) is 0 Å². The first-order valence-electron chi connectivity index (χ1n) is 10.4. The zero-order valence-corrected chi connectivity index (χ0v) is 17.9. The van der Waals surface area contributed by atoms with Gasteiger partial charge in [-0.2, -0.15) is 19.6 Å². The molecule has 3 rings (SSSR count). The molecule has 2 heterocycles. The number of aryl methyl sites for hydroxylation is 4. The number of amides is 2. The summed E-state index contributed by atoms with van der Waals surface area (Å²) in [7, 11) is 0. The normalized spacial score (nSPS) is 10.8. The van der Waals surface area contributed by atoms with Gasteiger partial charge in [-0.05, 0) is 61.1 Å². The number of hydrogen-bond acceptors (Lipinski definition) is 4. The maximum atomic E-state index is 12.5. The van der Waals surface area contributed by atoms with Crippen molar-refractivity contribution in [2.75, 3.05) is 10.6 Å². The summed E-state index contributed by atoms with van der Waals surface area (Å²) in [5.41, 5.74) is 5.24. The van der Waals surface area contributed by atoms with Gasteiger partial charge in [0.1, 0.15) is 0 Å². The molecule has 2 N–H and O–H groups in total. The van der Waals surface area contributed by atoms with Gasteiger partial charge in [-0.3, -0.25) is 0 Å². The average molecular weight is 409 g/mol. The van der Waals surface area contributed by atoms with E-state index in [0.717, 1.165) is 48.2 Å². The summed E-state index contributed by atoms with van der Waals surface area (Å²) >= 11 is 0. The number of hydrogen-bond donors (Lipinski definition) is 2. The Balaban J connectivity index is 1.64. The molecule has 0 atom stereocenters. The summed E-state index contributed by atoms with van der Waals surface area (Å²) in [4.78, 5) is 24.9. The molecule has 2 amide bonds. The molecule has 8 nitrogen and oxygen atoms in total. The minimum Gasteiger partial charge on any atom is -0.306 e. The lowest BCUT2D eigenvalue weighted by atomic mass is 10.2. The summed E-state index contributed by atoms with van der Waals surface area (Å²) in [5, 5.41) is 14.3. The summed E-state index contributed by atoms with van der Waals surface area (Å²) in [5.74, 6) is 0. The number of nitrogens with one attached hydrogen (secondary N) is 2. The van der Waals surface area contributed by atoms with Gasteiger partial charge in [-0.25, -0.2) is 9.59 Å². The molecule has 0 bridgehead atoms. The fourth-order valence-electron chi connectivity index (χ4n) is 3.28. The Morgan fingerprint density at radius 1 is 0.700 bits per heavy atom. The van der Waals surface area contributed by atoms with Crippen LogP contribution in [0.15, 0.2) is 36.7 Å². The number of rotatable bonds is 6. The molecule has 0 aliphatic heterocycles. The van der Waals surface area contributed by atoms with Crippen molar-refractivity contribution in [3.63, 3.8) is 0 Å². The number of benzene rings is 1. The number of aromatic nitrogens is 4. The van der Waals surface area contributed by atoms with Crippen LogP contribution in [-0.4, -0.2) is 31.6 Å². The topological polar surface area (TPSA) is 93.8 Å². The van der Waals surface area contributed by atoms with Gasteiger partial charge in [-0.15, -0.1) is 0 Å². The van der Waals surface area contributed by atoms with Gasteiger partial charge in [-0.1, -0.05) is 27.7 Å². The Hall–Kier alpha value is -3.42. The van der Waals surface area contributed by atoms with Gasteiger partial charge in [0.15, 0.2) is 0 Å². The maximum absolute atomic E-state index is 12.5. The number of anilines is 2. The monoisotopic (exact) mass is 408 g/mol. The van der Waals surface area contributed by atoms with Crippen LogP contribution < -0.4 is 10.6 Å². The van der Waals surface area contributed by atoms with Crippen LogP contribution in [0.4, 0.5) is 21.0 Å². The average Bonchev–Trinajstić information content (AvgIpc) is 3.38. The third-order valence-electron chi connectivity index (χ3n) is 4.99. The fourth-order valence-corrected chi connectivity index (χ4v) is 3.28. The second-order valence-electron chi connectivity index (χ2n) is 6.94. The lowest BCUT2D eigenvalue weighted by molar-refractivity contribution is 0.250. The molecule has 158 valence electrons. The summed E-state index contributed by atoms with van der Waals surface area (Å²) < 4.78 is 2.67. The Morgan fingerprint density at radius 3 is 1.33 bits per heavy atom. The van der Waals surface area contributed by atoms with Gasteiger partial charge >= 0.3 is 12.1 Å². The molecule has 0 saturated carbocycles. The van der Waals surface area contributed by atoms with Gasteiger partial charge in [0.2, 0.25) is 0 Å². The maximum Gasteiger partial charge on any atom is 0.346 e. The molecule has 0 aliphatic rings. The fraction of sp³-hybridized carbons (Fsp3) is 0.364. The highest BCUT2D eigenvalue weighted by Crippen LogP contribution is 2.16. The Kier molecular flexibility index (Phi) is 6.66. The minimum atomic E-state index is -0.322. The lowest BCUT2D eigenvalue weighted by Crippen LogP contribution is -2.21. The first kappa shape index (κ1) is 21.3. The van der Waals surface area contributed by atoms with Gasteiger partial charge < -0.3 is 10.6 Å². The van der Waals surface area contributed by atoms with Crippen LogP contribution in [-0.2, 0) is 25.7 Å². The zero-order chi connectivity index (χ0) is 21.7. The second kappa shape index (κ2) is 9.39. The van der Waals surface area contributed by atoms with Crippen molar-refractivity contribution in [3.05, 3.63) is 59.2 Å². The quantitative estimate of drug-likeness (QED) is 0.628. The highest BCUT2D eigenvalue weighted by atomic mass is 16.2. The smallest absolute Gasteiger partial charge is 0.306 e.